The van der Waals surface area contributed by atoms with E-state index in [9.17, 15) is 5.11 Å². The second-order valence-corrected chi connectivity index (χ2v) is 3.86. The minimum Gasteiger partial charge on any atom is -0.472 e. The Morgan fingerprint density at radius 1 is 1.41 bits per heavy atom. The van der Waals surface area contributed by atoms with E-state index in [-0.39, 0.29) is 0 Å². The van der Waals surface area contributed by atoms with E-state index < -0.39 is 12.3 Å². The van der Waals surface area contributed by atoms with Gasteiger partial charge in [-0.3, -0.25) is 4.57 Å². The molecule has 3 rings (SSSR count). The zero-order valence-electron chi connectivity index (χ0n) is 9.11. The van der Waals surface area contributed by atoms with Gasteiger partial charge in [-0.2, -0.15) is 0 Å². The highest BCUT2D eigenvalue weighted by Crippen LogP contribution is 2.29. The fourth-order valence-electron chi connectivity index (χ4n) is 1.90. The smallest absolute Gasteiger partial charge is 0.207 e. The number of aliphatic hydroxyl groups excluding tert-OH is 1. The summed E-state index contributed by atoms with van der Waals surface area (Å²) in [6.45, 7) is 1.78. The van der Waals surface area contributed by atoms with Gasteiger partial charge in [-0.25, -0.2) is 15.0 Å². The van der Waals surface area contributed by atoms with Crippen molar-refractivity contribution in [1.82, 2.24) is 19.5 Å². The number of hydrogen-bond donors (Lipinski definition) is 2. The van der Waals surface area contributed by atoms with Crippen molar-refractivity contribution in [3.8, 4) is 0 Å². The first-order valence-corrected chi connectivity index (χ1v) is 5.13. The van der Waals surface area contributed by atoms with Crippen molar-refractivity contribution in [2.75, 3.05) is 5.73 Å². The quantitative estimate of drug-likeness (QED) is 0.730. The molecule has 0 fully saturated rings. The summed E-state index contributed by atoms with van der Waals surface area (Å²) in [5, 5.41) is 9.84. The predicted octanol–water partition coefficient (Wildman–Crippen LogP) is 0.202. The fourth-order valence-corrected chi connectivity index (χ4v) is 1.90. The standard InChI is InChI=1S/C10H11N5O2/c1-5-2-6(16)10(17-5)15-4-14-7-8(11)12-3-13-9(7)15/h2-4,6,10,16H,1H3,(H2,11,12,13)/t6-,10-/m1/s1. The largest absolute Gasteiger partial charge is 0.472 e. The van der Waals surface area contributed by atoms with Crippen LogP contribution in [-0.4, -0.2) is 30.7 Å². The fraction of sp³-hybridized carbons (Fsp3) is 0.300. The Bertz CT molecular complexity index is 606. The van der Waals surface area contributed by atoms with Gasteiger partial charge in [-0.1, -0.05) is 0 Å². The lowest BCUT2D eigenvalue weighted by Gasteiger charge is -2.16. The number of aromatic nitrogens is 4. The Kier molecular flexibility index (Phi) is 2.02. The molecule has 0 saturated heterocycles. The molecule has 3 N–H and O–H groups in total. The van der Waals surface area contributed by atoms with E-state index in [0.29, 0.717) is 22.7 Å². The number of ether oxygens (including phenoxy) is 1. The maximum Gasteiger partial charge on any atom is 0.207 e. The summed E-state index contributed by atoms with van der Waals surface area (Å²) in [6, 6.07) is 0. The predicted molar refractivity (Wildman–Crippen MR) is 59.6 cm³/mol. The average molecular weight is 233 g/mol. The first-order valence-electron chi connectivity index (χ1n) is 5.13. The number of rotatable bonds is 1. The number of fused-ring (bicyclic) bond motifs is 1. The van der Waals surface area contributed by atoms with Crippen LogP contribution in [0, 0.1) is 0 Å². The van der Waals surface area contributed by atoms with Crippen LogP contribution in [0.15, 0.2) is 24.5 Å². The highest BCUT2D eigenvalue weighted by atomic mass is 16.5. The maximum atomic E-state index is 9.84. The van der Waals surface area contributed by atoms with Crippen molar-refractivity contribution in [1.29, 1.82) is 0 Å². The molecule has 1 aliphatic heterocycles. The topological polar surface area (TPSA) is 99.1 Å². The molecule has 7 heteroatoms. The van der Waals surface area contributed by atoms with Crippen molar-refractivity contribution in [3.05, 3.63) is 24.5 Å². The van der Waals surface area contributed by atoms with Crippen LogP contribution in [0.5, 0.6) is 0 Å². The third kappa shape index (κ3) is 1.43. The number of nitrogen functional groups attached to an aromatic ring is 1. The van der Waals surface area contributed by atoms with Crippen LogP contribution in [0.2, 0.25) is 0 Å². The summed E-state index contributed by atoms with van der Waals surface area (Å²) < 4.78 is 7.14. The van der Waals surface area contributed by atoms with E-state index in [2.05, 4.69) is 15.0 Å². The number of anilines is 1. The SMILES string of the molecule is CC1=C[C@@H](O)[C@H](n2cnc3c(N)ncnc32)O1. The van der Waals surface area contributed by atoms with Crippen LogP contribution in [0.25, 0.3) is 11.2 Å². The van der Waals surface area contributed by atoms with Gasteiger partial charge in [-0.15, -0.1) is 0 Å². The summed E-state index contributed by atoms with van der Waals surface area (Å²) in [5.41, 5.74) is 6.74. The molecule has 2 atom stereocenters. The van der Waals surface area contributed by atoms with Gasteiger partial charge in [0.15, 0.2) is 11.5 Å². The first-order chi connectivity index (χ1) is 8.16. The molecular weight excluding hydrogens is 222 g/mol. The molecular formula is C10H11N5O2. The molecule has 2 aromatic rings. The summed E-state index contributed by atoms with van der Waals surface area (Å²) in [6.07, 6.45) is 3.27. The Balaban J connectivity index is 2.11. The van der Waals surface area contributed by atoms with Gasteiger partial charge in [0, 0.05) is 0 Å². The van der Waals surface area contributed by atoms with Crippen LogP contribution in [0.3, 0.4) is 0 Å². The number of hydrogen-bond acceptors (Lipinski definition) is 6. The Morgan fingerprint density at radius 3 is 2.94 bits per heavy atom. The van der Waals surface area contributed by atoms with Crippen LogP contribution in [0.1, 0.15) is 13.2 Å². The normalized spacial score (nSPS) is 23.8. The van der Waals surface area contributed by atoms with Gasteiger partial charge >= 0.3 is 0 Å². The number of aliphatic hydroxyl groups is 1. The first kappa shape index (κ1) is 10.0. The van der Waals surface area contributed by atoms with Crippen molar-refractivity contribution >= 4 is 17.0 Å². The molecule has 0 amide bonds. The molecule has 1 aliphatic rings. The number of nitrogens with zero attached hydrogens (tertiary/aromatic N) is 4. The monoisotopic (exact) mass is 233 g/mol. The summed E-state index contributed by atoms with van der Waals surface area (Å²) in [7, 11) is 0. The zero-order chi connectivity index (χ0) is 12.0. The molecule has 0 unspecified atom stereocenters. The second-order valence-electron chi connectivity index (χ2n) is 3.86. The molecule has 2 aromatic heterocycles. The van der Waals surface area contributed by atoms with Crippen LogP contribution in [0.4, 0.5) is 5.82 Å². The number of allylic oxidation sites excluding steroid dienone is 1. The van der Waals surface area contributed by atoms with Gasteiger partial charge in [0.05, 0.1) is 5.76 Å². The van der Waals surface area contributed by atoms with Crippen molar-refractivity contribution < 1.29 is 9.84 Å². The molecule has 0 radical (unpaired) electrons. The van der Waals surface area contributed by atoms with E-state index in [4.69, 9.17) is 10.5 Å². The van der Waals surface area contributed by atoms with Gasteiger partial charge in [0.2, 0.25) is 6.23 Å². The molecule has 0 bridgehead atoms. The third-order valence-electron chi connectivity index (χ3n) is 2.67. The van der Waals surface area contributed by atoms with E-state index >= 15 is 0 Å². The van der Waals surface area contributed by atoms with E-state index in [1.54, 1.807) is 17.6 Å². The molecule has 0 spiro atoms. The molecule has 17 heavy (non-hydrogen) atoms. The molecule has 0 aromatic carbocycles. The molecule has 7 nitrogen and oxygen atoms in total. The van der Waals surface area contributed by atoms with Crippen LogP contribution >= 0.6 is 0 Å². The molecule has 0 saturated carbocycles. The van der Waals surface area contributed by atoms with E-state index in [1.807, 2.05) is 0 Å². The van der Waals surface area contributed by atoms with Crippen LogP contribution in [-0.2, 0) is 4.74 Å². The van der Waals surface area contributed by atoms with Gasteiger partial charge in [-0.05, 0) is 13.0 Å². The average Bonchev–Trinajstić information content (AvgIpc) is 2.83. The van der Waals surface area contributed by atoms with Crippen LogP contribution < -0.4 is 5.73 Å². The van der Waals surface area contributed by atoms with Crippen molar-refractivity contribution in [2.45, 2.75) is 19.3 Å². The Morgan fingerprint density at radius 2 is 2.24 bits per heavy atom. The van der Waals surface area contributed by atoms with Gasteiger partial charge in [0.25, 0.3) is 0 Å². The minimum atomic E-state index is -0.719. The Hall–Kier alpha value is -2.15. The molecule has 88 valence electrons. The highest BCUT2D eigenvalue weighted by Gasteiger charge is 2.29. The maximum absolute atomic E-state index is 9.84. The van der Waals surface area contributed by atoms with Gasteiger partial charge in [0.1, 0.15) is 24.3 Å². The van der Waals surface area contributed by atoms with Crippen molar-refractivity contribution in [2.24, 2.45) is 0 Å². The molecule has 0 aliphatic carbocycles. The van der Waals surface area contributed by atoms with Crippen molar-refractivity contribution in [3.63, 3.8) is 0 Å². The number of nitrogens with two attached hydrogens (primary N) is 1. The van der Waals surface area contributed by atoms with E-state index in [0.717, 1.165) is 0 Å². The second kappa shape index (κ2) is 3.42. The zero-order valence-corrected chi connectivity index (χ0v) is 9.11. The number of imidazole rings is 1. The summed E-state index contributed by atoms with van der Waals surface area (Å²) in [4.78, 5) is 12.1. The third-order valence-corrected chi connectivity index (χ3v) is 2.67. The minimum absolute atomic E-state index is 0.311. The highest BCUT2D eigenvalue weighted by molar-refractivity contribution is 5.81. The lowest BCUT2D eigenvalue weighted by atomic mass is 10.3. The van der Waals surface area contributed by atoms with E-state index in [1.165, 1.54) is 12.7 Å². The molecule has 3 heterocycles. The summed E-state index contributed by atoms with van der Waals surface area (Å²) >= 11 is 0. The summed E-state index contributed by atoms with van der Waals surface area (Å²) in [5.74, 6) is 0.984. The lowest BCUT2D eigenvalue weighted by molar-refractivity contribution is 0.00358. The Labute approximate surface area is 96.6 Å². The van der Waals surface area contributed by atoms with Gasteiger partial charge < -0.3 is 15.6 Å². The lowest BCUT2D eigenvalue weighted by Crippen LogP contribution is -2.19.